The topological polar surface area (TPSA) is 91.2 Å². The Morgan fingerprint density at radius 3 is 2.00 bits per heavy atom. The van der Waals surface area contributed by atoms with Crippen molar-refractivity contribution in [3.05, 3.63) is 0 Å². The Morgan fingerprint density at radius 1 is 0.938 bits per heavy atom. The van der Waals surface area contributed by atoms with Crippen LogP contribution in [0.4, 0.5) is 0 Å². The van der Waals surface area contributed by atoms with Gasteiger partial charge in [-0.1, -0.05) is 36.5 Å². The molecule has 5 heteroatoms. The molecule has 0 amide bonds. The van der Waals surface area contributed by atoms with E-state index in [0.29, 0.717) is 12.3 Å². The molecule has 0 aromatic heterocycles. The summed E-state index contributed by atoms with van der Waals surface area (Å²) in [5.41, 5.74) is 6.22. The van der Waals surface area contributed by atoms with Gasteiger partial charge in [0, 0.05) is 6.42 Å². The minimum absolute atomic E-state index is 0.306. The highest BCUT2D eigenvalue weighted by molar-refractivity contribution is 5.83. The lowest BCUT2D eigenvalue weighted by atomic mass is 10.1. The van der Waals surface area contributed by atoms with E-state index in [-0.39, 0.29) is 0 Å². The van der Waals surface area contributed by atoms with Crippen LogP contribution in [0.5, 0.6) is 0 Å². The van der Waals surface area contributed by atoms with Crippen LogP contribution in [0.1, 0.15) is 58.3 Å². The molecule has 0 saturated heterocycles. The Morgan fingerprint density at radius 2 is 1.50 bits per heavy atom. The third-order valence-electron chi connectivity index (χ3n) is 2.58. The molecule has 0 aliphatic rings. The van der Waals surface area contributed by atoms with E-state index in [1.165, 1.54) is 0 Å². The van der Waals surface area contributed by atoms with Crippen molar-refractivity contribution in [1.82, 2.24) is 0 Å². The van der Waals surface area contributed by atoms with Crippen LogP contribution in [-0.4, -0.2) is 22.0 Å². The molecule has 0 rings (SSSR count). The summed E-state index contributed by atoms with van der Waals surface area (Å²) in [4.78, 5) is 0. The fourth-order valence-corrected chi connectivity index (χ4v) is 1.51. The molecule has 0 bridgehead atoms. The molecule has 0 radical (unpaired) electrons. The molecule has 0 aliphatic carbocycles. The normalized spacial score (nSPS) is 13.1. The minimum atomic E-state index is 0.306. The van der Waals surface area contributed by atoms with E-state index in [2.05, 4.69) is 10.3 Å². The van der Waals surface area contributed by atoms with Crippen molar-refractivity contribution in [1.29, 1.82) is 0 Å². The van der Waals surface area contributed by atoms with Crippen molar-refractivity contribution in [2.24, 2.45) is 16.0 Å². The Balaban J connectivity index is 3.28. The molecule has 0 unspecified atom stereocenters. The van der Waals surface area contributed by atoms with E-state index in [9.17, 15) is 0 Å². The van der Waals surface area contributed by atoms with E-state index in [4.69, 9.17) is 16.1 Å². The summed E-state index contributed by atoms with van der Waals surface area (Å²) in [5, 5.41) is 23.1. The van der Waals surface area contributed by atoms with Gasteiger partial charge in [0.05, 0.1) is 5.71 Å². The molecule has 16 heavy (non-hydrogen) atoms. The fraction of sp³-hybridized carbons (Fsp3) is 0.818. The summed E-state index contributed by atoms with van der Waals surface area (Å²) in [6.07, 6.45) is 7.76. The van der Waals surface area contributed by atoms with Gasteiger partial charge in [-0.05, 0) is 25.7 Å². The summed E-state index contributed by atoms with van der Waals surface area (Å²) in [7, 11) is 0. The van der Waals surface area contributed by atoms with Gasteiger partial charge in [-0.15, -0.1) is 0 Å². The first kappa shape index (κ1) is 14.7. The molecule has 0 fully saturated rings. The van der Waals surface area contributed by atoms with E-state index >= 15 is 0 Å². The van der Waals surface area contributed by atoms with Crippen LogP contribution in [-0.2, 0) is 0 Å². The van der Waals surface area contributed by atoms with Gasteiger partial charge < -0.3 is 16.1 Å². The van der Waals surface area contributed by atoms with Crippen LogP contribution in [0.3, 0.4) is 0 Å². The molecule has 5 nitrogen and oxygen atoms in total. The molecule has 0 heterocycles. The predicted octanol–water partition coefficient (Wildman–Crippen LogP) is 2.70. The quantitative estimate of drug-likeness (QED) is 0.187. The Bertz CT molecular complexity index is 227. The molecule has 0 saturated carbocycles. The van der Waals surface area contributed by atoms with Gasteiger partial charge in [-0.3, -0.25) is 0 Å². The van der Waals surface area contributed by atoms with Gasteiger partial charge in [-0.25, -0.2) is 0 Å². The van der Waals surface area contributed by atoms with E-state index in [0.717, 1.165) is 50.7 Å². The maximum absolute atomic E-state index is 8.59. The first-order chi connectivity index (χ1) is 7.74. The van der Waals surface area contributed by atoms with Gasteiger partial charge in [0.25, 0.3) is 0 Å². The molecule has 4 N–H and O–H groups in total. The number of nitrogens with zero attached hydrogens (tertiary/aromatic N) is 2. The molecular weight excluding hydrogens is 206 g/mol. The second-order valence-electron chi connectivity index (χ2n) is 3.88. The third kappa shape index (κ3) is 8.08. The largest absolute Gasteiger partial charge is 0.411 e. The van der Waals surface area contributed by atoms with Gasteiger partial charge in [0.2, 0.25) is 0 Å². The van der Waals surface area contributed by atoms with Crippen LogP contribution < -0.4 is 5.73 Å². The Labute approximate surface area is 97.0 Å². The predicted molar refractivity (Wildman–Crippen MR) is 65.2 cm³/mol. The zero-order valence-corrected chi connectivity index (χ0v) is 10.0. The van der Waals surface area contributed by atoms with Crippen molar-refractivity contribution in [2.45, 2.75) is 58.3 Å². The average Bonchev–Trinajstić information content (AvgIpc) is 2.32. The van der Waals surface area contributed by atoms with Gasteiger partial charge in [-0.2, -0.15) is 0 Å². The van der Waals surface area contributed by atoms with E-state index < -0.39 is 0 Å². The van der Waals surface area contributed by atoms with Crippen LogP contribution in [0.2, 0.25) is 0 Å². The first-order valence-corrected chi connectivity index (χ1v) is 5.90. The summed E-state index contributed by atoms with van der Waals surface area (Å²) in [5.74, 6) is 0.306. The molecule has 0 aromatic carbocycles. The van der Waals surface area contributed by atoms with Crippen LogP contribution >= 0.6 is 0 Å². The minimum Gasteiger partial charge on any atom is -0.411 e. The maximum atomic E-state index is 8.59. The second kappa shape index (κ2) is 10.3. The van der Waals surface area contributed by atoms with Crippen LogP contribution in [0.15, 0.2) is 10.3 Å². The lowest BCUT2D eigenvalue weighted by Gasteiger charge is -2.02. The van der Waals surface area contributed by atoms with Gasteiger partial charge in [0.1, 0.15) is 5.84 Å². The van der Waals surface area contributed by atoms with Crippen LogP contribution in [0.25, 0.3) is 0 Å². The first-order valence-electron chi connectivity index (χ1n) is 5.90. The van der Waals surface area contributed by atoms with Gasteiger partial charge >= 0.3 is 0 Å². The fourth-order valence-electron chi connectivity index (χ4n) is 1.51. The lowest BCUT2D eigenvalue weighted by Crippen LogP contribution is -2.10. The van der Waals surface area contributed by atoms with Crippen molar-refractivity contribution in [3.8, 4) is 0 Å². The summed E-state index contributed by atoms with van der Waals surface area (Å²) < 4.78 is 0. The molecule has 0 spiro atoms. The van der Waals surface area contributed by atoms with Gasteiger partial charge in [0.15, 0.2) is 0 Å². The number of hydrogen-bond donors (Lipinski definition) is 3. The number of amidine groups is 1. The summed E-state index contributed by atoms with van der Waals surface area (Å²) >= 11 is 0. The SMILES string of the molecule is CCC(CCCCCCCC(N)=NO)=NO. The number of unbranched alkanes of at least 4 members (excludes halogenated alkanes) is 4. The molecule has 0 aliphatic heterocycles. The molecule has 0 aromatic rings. The second-order valence-corrected chi connectivity index (χ2v) is 3.88. The third-order valence-corrected chi connectivity index (χ3v) is 2.58. The Kier molecular flexibility index (Phi) is 9.46. The summed E-state index contributed by atoms with van der Waals surface area (Å²) in [6.45, 7) is 1.99. The monoisotopic (exact) mass is 229 g/mol. The highest BCUT2D eigenvalue weighted by atomic mass is 16.4. The van der Waals surface area contributed by atoms with E-state index in [1.54, 1.807) is 0 Å². The smallest absolute Gasteiger partial charge is 0.139 e. The standard InChI is InChI=1S/C11H23N3O2/c1-2-10(13-15)8-6-4-3-5-7-9-11(12)14-16/h15-16H,2-9H2,1H3,(H2,12,14). The lowest BCUT2D eigenvalue weighted by molar-refractivity contribution is 0.316. The molecule has 0 atom stereocenters. The van der Waals surface area contributed by atoms with Crippen molar-refractivity contribution in [2.75, 3.05) is 0 Å². The maximum Gasteiger partial charge on any atom is 0.139 e. The van der Waals surface area contributed by atoms with E-state index in [1.807, 2.05) is 6.92 Å². The number of oxime groups is 2. The summed E-state index contributed by atoms with van der Waals surface area (Å²) in [6, 6.07) is 0. The highest BCUT2D eigenvalue weighted by Gasteiger charge is 1.98. The zero-order valence-electron chi connectivity index (χ0n) is 10.0. The number of rotatable bonds is 9. The average molecular weight is 229 g/mol. The molecule has 94 valence electrons. The highest BCUT2D eigenvalue weighted by Crippen LogP contribution is 2.08. The number of hydrogen-bond acceptors (Lipinski definition) is 4. The zero-order chi connectivity index (χ0) is 12.2. The Hall–Kier alpha value is -1.26. The number of nitrogens with two attached hydrogens (primary N) is 1. The van der Waals surface area contributed by atoms with Crippen molar-refractivity contribution < 1.29 is 10.4 Å². The van der Waals surface area contributed by atoms with Crippen molar-refractivity contribution in [3.63, 3.8) is 0 Å². The van der Waals surface area contributed by atoms with Crippen LogP contribution in [0, 0.1) is 0 Å². The van der Waals surface area contributed by atoms with Crippen molar-refractivity contribution >= 4 is 11.5 Å². The molecular formula is C11H23N3O2.